The number of aryl methyl sites for hydroxylation is 2. The van der Waals surface area contributed by atoms with Gasteiger partial charge in [-0.2, -0.15) is 5.10 Å². The molecule has 0 saturated carbocycles. The molecule has 4 rings (SSSR count). The first-order valence-electron chi connectivity index (χ1n) is 7.51. The van der Waals surface area contributed by atoms with E-state index in [0.717, 1.165) is 41.7 Å². The number of hydrogen-bond donors (Lipinski definition) is 1. The summed E-state index contributed by atoms with van der Waals surface area (Å²) in [7, 11) is 1.91. The van der Waals surface area contributed by atoms with Gasteiger partial charge in [-0.1, -0.05) is 0 Å². The Morgan fingerprint density at radius 1 is 1.50 bits per heavy atom. The number of likely N-dealkylation sites (tertiary alicyclic amines) is 1. The van der Waals surface area contributed by atoms with Crippen molar-refractivity contribution in [1.29, 1.82) is 0 Å². The standard InChI is InChI=1S/C16H18N4O2/c1-10-11(9-19(2)18-10)14-4-3-6-20(14)16(21)13-8-15-12(17-13)5-7-22-15/h5,7-9,14,17H,3-4,6H2,1-2H3. The molecule has 4 heterocycles. The molecule has 114 valence electrons. The Balaban J connectivity index is 1.66. The minimum atomic E-state index is 0.0251. The maximum Gasteiger partial charge on any atom is 0.270 e. The normalized spacial score (nSPS) is 18.5. The predicted octanol–water partition coefficient (Wildman–Crippen LogP) is 2.78. The van der Waals surface area contributed by atoms with Gasteiger partial charge in [-0.25, -0.2) is 0 Å². The Bertz CT molecular complexity index is 813. The van der Waals surface area contributed by atoms with Gasteiger partial charge in [-0.05, 0) is 19.8 Å². The first-order valence-corrected chi connectivity index (χ1v) is 7.51. The van der Waals surface area contributed by atoms with Crippen molar-refractivity contribution in [2.24, 2.45) is 7.05 Å². The van der Waals surface area contributed by atoms with E-state index in [1.807, 2.05) is 35.8 Å². The quantitative estimate of drug-likeness (QED) is 0.791. The van der Waals surface area contributed by atoms with E-state index in [4.69, 9.17) is 4.42 Å². The van der Waals surface area contributed by atoms with E-state index in [-0.39, 0.29) is 11.9 Å². The summed E-state index contributed by atoms with van der Waals surface area (Å²) in [6, 6.07) is 3.72. The van der Waals surface area contributed by atoms with Crippen LogP contribution in [0.5, 0.6) is 0 Å². The molecule has 1 unspecified atom stereocenters. The third kappa shape index (κ3) is 1.94. The Morgan fingerprint density at radius 2 is 2.36 bits per heavy atom. The highest BCUT2D eigenvalue weighted by Crippen LogP contribution is 2.34. The summed E-state index contributed by atoms with van der Waals surface area (Å²) in [5.74, 6) is 0.0251. The first-order chi connectivity index (χ1) is 10.6. The summed E-state index contributed by atoms with van der Waals surface area (Å²) in [6.07, 6.45) is 5.63. The molecule has 6 heteroatoms. The molecule has 0 radical (unpaired) electrons. The van der Waals surface area contributed by atoms with Gasteiger partial charge in [0.1, 0.15) is 5.69 Å². The zero-order valence-corrected chi connectivity index (χ0v) is 12.7. The van der Waals surface area contributed by atoms with Gasteiger partial charge >= 0.3 is 0 Å². The van der Waals surface area contributed by atoms with Gasteiger partial charge in [0.25, 0.3) is 5.91 Å². The Hall–Kier alpha value is -2.50. The smallest absolute Gasteiger partial charge is 0.270 e. The monoisotopic (exact) mass is 298 g/mol. The number of aromatic nitrogens is 3. The Morgan fingerprint density at radius 3 is 3.09 bits per heavy atom. The highest BCUT2D eigenvalue weighted by atomic mass is 16.3. The van der Waals surface area contributed by atoms with Crippen molar-refractivity contribution >= 4 is 17.0 Å². The molecule has 6 nitrogen and oxygen atoms in total. The van der Waals surface area contributed by atoms with E-state index >= 15 is 0 Å². The molecular formula is C16H18N4O2. The number of carbonyl (C=O) groups excluding carboxylic acids is 1. The van der Waals surface area contributed by atoms with Crippen molar-refractivity contribution in [3.05, 3.63) is 41.5 Å². The molecule has 0 spiro atoms. The van der Waals surface area contributed by atoms with Crippen LogP contribution in [0.25, 0.3) is 11.1 Å². The molecule has 3 aromatic rings. The summed E-state index contributed by atoms with van der Waals surface area (Å²) >= 11 is 0. The number of furan rings is 1. The molecule has 0 aliphatic carbocycles. The van der Waals surface area contributed by atoms with Gasteiger partial charge in [0, 0.05) is 37.5 Å². The number of hydrogen-bond acceptors (Lipinski definition) is 3. The zero-order valence-electron chi connectivity index (χ0n) is 12.7. The van der Waals surface area contributed by atoms with Gasteiger partial charge in [-0.3, -0.25) is 9.48 Å². The molecule has 3 aromatic heterocycles. The van der Waals surface area contributed by atoms with Crippen molar-refractivity contribution in [2.45, 2.75) is 25.8 Å². The van der Waals surface area contributed by atoms with Crippen LogP contribution in [-0.4, -0.2) is 32.1 Å². The van der Waals surface area contributed by atoms with Gasteiger partial charge in [0.15, 0.2) is 5.58 Å². The summed E-state index contributed by atoms with van der Waals surface area (Å²) < 4.78 is 7.14. The van der Waals surface area contributed by atoms with Crippen LogP contribution in [0.2, 0.25) is 0 Å². The molecule has 0 bridgehead atoms. The van der Waals surface area contributed by atoms with Gasteiger partial charge in [0.2, 0.25) is 0 Å². The largest absolute Gasteiger partial charge is 0.463 e. The zero-order chi connectivity index (χ0) is 15.3. The number of nitrogens with one attached hydrogen (secondary N) is 1. The number of H-pyrrole nitrogens is 1. The lowest BCUT2D eigenvalue weighted by Crippen LogP contribution is -2.31. The molecule has 1 N–H and O–H groups in total. The van der Waals surface area contributed by atoms with Crippen LogP contribution in [0.15, 0.2) is 29.0 Å². The Labute approximate surface area is 127 Å². The van der Waals surface area contributed by atoms with Crippen LogP contribution in [0.3, 0.4) is 0 Å². The van der Waals surface area contributed by atoms with Crippen molar-refractivity contribution in [1.82, 2.24) is 19.7 Å². The summed E-state index contributed by atoms with van der Waals surface area (Å²) in [5.41, 5.74) is 4.30. The van der Waals surface area contributed by atoms with Crippen LogP contribution < -0.4 is 0 Å². The molecule has 22 heavy (non-hydrogen) atoms. The van der Waals surface area contributed by atoms with Crippen LogP contribution in [0.4, 0.5) is 0 Å². The van der Waals surface area contributed by atoms with E-state index in [0.29, 0.717) is 5.69 Å². The Kier molecular flexibility index (Phi) is 2.85. The lowest BCUT2D eigenvalue weighted by molar-refractivity contribution is 0.0730. The van der Waals surface area contributed by atoms with E-state index in [1.54, 1.807) is 12.3 Å². The molecule has 1 amide bonds. The average Bonchev–Trinajstić information content (AvgIpc) is 3.19. The maximum atomic E-state index is 12.8. The van der Waals surface area contributed by atoms with E-state index in [9.17, 15) is 4.79 Å². The fourth-order valence-electron chi connectivity index (χ4n) is 3.40. The number of rotatable bonds is 2. The second kappa shape index (κ2) is 4.76. The highest BCUT2D eigenvalue weighted by molar-refractivity contribution is 5.97. The minimum Gasteiger partial charge on any atom is -0.463 e. The third-order valence-electron chi connectivity index (χ3n) is 4.39. The van der Waals surface area contributed by atoms with Crippen LogP contribution in [0.1, 0.15) is 40.6 Å². The fourth-order valence-corrected chi connectivity index (χ4v) is 3.40. The summed E-state index contributed by atoms with van der Waals surface area (Å²) in [5, 5.41) is 4.40. The minimum absolute atomic E-state index is 0.0251. The molecule has 1 aliphatic rings. The maximum absolute atomic E-state index is 12.8. The molecule has 1 saturated heterocycles. The highest BCUT2D eigenvalue weighted by Gasteiger charge is 2.33. The number of amides is 1. The lowest BCUT2D eigenvalue weighted by Gasteiger charge is -2.24. The first kappa shape index (κ1) is 13.2. The van der Waals surface area contributed by atoms with Crippen molar-refractivity contribution in [3.63, 3.8) is 0 Å². The van der Waals surface area contributed by atoms with E-state index < -0.39 is 0 Å². The van der Waals surface area contributed by atoms with Crippen molar-refractivity contribution in [2.75, 3.05) is 6.54 Å². The summed E-state index contributed by atoms with van der Waals surface area (Å²) in [4.78, 5) is 17.9. The average molecular weight is 298 g/mol. The van der Waals surface area contributed by atoms with Gasteiger partial charge in [0.05, 0.1) is 23.5 Å². The number of carbonyl (C=O) groups is 1. The topological polar surface area (TPSA) is 67.1 Å². The SMILES string of the molecule is Cc1nn(C)cc1C1CCCN1C(=O)c1cc2occc2[nH]1. The number of nitrogens with zero attached hydrogens (tertiary/aromatic N) is 3. The predicted molar refractivity (Wildman–Crippen MR) is 81.5 cm³/mol. The fraction of sp³-hybridized carbons (Fsp3) is 0.375. The molecule has 0 aromatic carbocycles. The van der Waals surface area contributed by atoms with Crippen LogP contribution >= 0.6 is 0 Å². The van der Waals surface area contributed by atoms with Crippen LogP contribution in [-0.2, 0) is 7.05 Å². The van der Waals surface area contributed by atoms with Gasteiger partial charge in [-0.15, -0.1) is 0 Å². The molecule has 1 aliphatic heterocycles. The molecular weight excluding hydrogens is 280 g/mol. The molecule has 1 atom stereocenters. The van der Waals surface area contributed by atoms with Crippen molar-refractivity contribution in [3.8, 4) is 0 Å². The summed E-state index contributed by atoms with van der Waals surface area (Å²) in [6.45, 7) is 2.77. The van der Waals surface area contributed by atoms with Gasteiger partial charge < -0.3 is 14.3 Å². The second-order valence-corrected chi connectivity index (χ2v) is 5.88. The van der Waals surface area contributed by atoms with E-state index in [2.05, 4.69) is 10.1 Å². The number of fused-ring (bicyclic) bond motifs is 1. The number of aromatic amines is 1. The lowest BCUT2D eigenvalue weighted by atomic mass is 10.1. The third-order valence-corrected chi connectivity index (χ3v) is 4.39. The van der Waals surface area contributed by atoms with E-state index in [1.165, 1.54) is 0 Å². The van der Waals surface area contributed by atoms with Crippen molar-refractivity contribution < 1.29 is 9.21 Å². The van der Waals surface area contributed by atoms with Crippen LogP contribution in [0, 0.1) is 6.92 Å². The molecule has 1 fully saturated rings. The second-order valence-electron chi connectivity index (χ2n) is 5.88.